The lowest BCUT2D eigenvalue weighted by Gasteiger charge is -2.02. The van der Waals surface area contributed by atoms with E-state index in [-0.39, 0.29) is 5.69 Å². The first kappa shape index (κ1) is 13.2. The molecular formula is C13H15N3O3. The van der Waals surface area contributed by atoms with Crippen molar-refractivity contribution in [2.45, 2.75) is 19.9 Å². The maximum absolute atomic E-state index is 10.5. The van der Waals surface area contributed by atoms with Crippen LogP contribution in [0.15, 0.2) is 34.9 Å². The summed E-state index contributed by atoms with van der Waals surface area (Å²) >= 11 is 0. The van der Waals surface area contributed by atoms with Crippen LogP contribution in [0.5, 0.6) is 0 Å². The highest BCUT2D eigenvalue weighted by atomic mass is 16.6. The van der Waals surface area contributed by atoms with Crippen molar-refractivity contribution in [2.24, 2.45) is 0 Å². The van der Waals surface area contributed by atoms with Crippen molar-refractivity contribution in [1.82, 2.24) is 10.5 Å². The van der Waals surface area contributed by atoms with Gasteiger partial charge in [-0.15, -0.1) is 0 Å². The minimum absolute atomic E-state index is 0.120. The number of aryl methyl sites for hydroxylation is 1. The standard InChI is InChI=1S/C13H15N3O3/c1-10-8-12(15-19-10)9-14-7-6-11-2-4-13(5-3-11)16(17)18/h2-5,8,14H,6-7,9H2,1H3. The van der Waals surface area contributed by atoms with Crippen LogP contribution in [-0.4, -0.2) is 16.6 Å². The van der Waals surface area contributed by atoms with Gasteiger partial charge in [-0.3, -0.25) is 10.1 Å². The molecule has 0 spiro atoms. The van der Waals surface area contributed by atoms with Crippen molar-refractivity contribution in [3.63, 3.8) is 0 Å². The maximum atomic E-state index is 10.5. The van der Waals surface area contributed by atoms with Gasteiger partial charge in [0.25, 0.3) is 5.69 Å². The molecular weight excluding hydrogens is 246 g/mol. The van der Waals surface area contributed by atoms with E-state index in [0.717, 1.165) is 30.0 Å². The van der Waals surface area contributed by atoms with Gasteiger partial charge in [0.2, 0.25) is 0 Å². The molecule has 0 fully saturated rings. The van der Waals surface area contributed by atoms with Crippen molar-refractivity contribution in [3.8, 4) is 0 Å². The molecule has 1 N–H and O–H groups in total. The number of nitrogens with one attached hydrogen (secondary N) is 1. The second kappa shape index (κ2) is 6.10. The summed E-state index contributed by atoms with van der Waals surface area (Å²) in [6, 6.07) is 8.49. The van der Waals surface area contributed by atoms with Crippen LogP contribution >= 0.6 is 0 Å². The number of nitro groups is 1. The molecule has 0 bridgehead atoms. The normalized spacial score (nSPS) is 10.6. The van der Waals surface area contributed by atoms with Crippen LogP contribution in [0.1, 0.15) is 17.0 Å². The summed E-state index contributed by atoms with van der Waals surface area (Å²) in [5, 5.41) is 17.6. The molecule has 2 rings (SSSR count). The summed E-state index contributed by atoms with van der Waals surface area (Å²) in [4.78, 5) is 10.1. The first-order valence-electron chi connectivity index (χ1n) is 6.01. The summed E-state index contributed by atoms with van der Waals surface area (Å²) in [6.07, 6.45) is 0.814. The molecule has 0 saturated heterocycles. The summed E-state index contributed by atoms with van der Waals surface area (Å²) in [7, 11) is 0. The van der Waals surface area contributed by atoms with Gasteiger partial charge in [0.15, 0.2) is 0 Å². The molecule has 1 aromatic heterocycles. The van der Waals surface area contributed by atoms with Crippen LogP contribution in [0.2, 0.25) is 0 Å². The monoisotopic (exact) mass is 261 g/mol. The van der Waals surface area contributed by atoms with Crippen LogP contribution in [0.25, 0.3) is 0 Å². The van der Waals surface area contributed by atoms with Crippen LogP contribution in [0, 0.1) is 17.0 Å². The molecule has 0 aliphatic rings. The van der Waals surface area contributed by atoms with Gasteiger partial charge < -0.3 is 9.84 Å². The number of hydrogen-bond acceptors (Lipinski definition) is 5. The van der Waals surface area contributed by atoms with Crippen LogP contribution in [0.4, 0.5) is 5.69 Å². The Balaban J connectivity index is 1.75. The lowest BCUT2D eigenvalue weighted by atomic mass is 10.1. The van der Waals surface area contributed by atoms with Crippen molar-refractivity contribution < 1.29 is 9.45 Å². The Labute approximate surface area is 110 Å². The van der Waals surface area contributed by atoms with Gasteiger partial charge in [-0.25, -0.2) is 0 Å². The highest BCUT2D eigenvalue weighted by Gasteiger charge is 2.04. The van der Waals surface area contributed by atoms with Gasteiger partial charge in [-0.05, 0) is 25.5 Å². The first-order valence-corrected chi connectivity index (χ1v) is 6.01. The lowest BCUT2D eigenvalue weighted by molar-refractivity contribution is -0.384. The Morgan fingerprint density at radius 3 is 2.68 bits per heavy atom. The van der Waals surface area contributed by atoms with Gasteiger partial charge in [0.1, 0.15) is 5.76 Å². The summed E-state index contributed by atoms with van der Waals surface area (Å²) < 4.78 is 4.96. The molecule has 0 unspecified atom stereocenters. The smallest absolute Gasteiger partial charge is 0.269 e. The zero-order valence-electron chi connectivity index (χ0n) is 10.6. The van der Waals surface area contributed by atoms with E-state index in [4.69, 9.17) is 4.52 Å². The van der Waals surface area contributed by atoms with E-state index < -0.39 is 4.92 Å². The minimum atomic E-state index is -0.394. The molecule has 100 valence electrons. The first-order chi connectivity index (χ1) is 9.15. The van der Waals surface area contributed by atoms with Gasteiger partial charge in [-0.2, -0.15) is 0 Å². The Hall–Kier alpha value is -2.21. The summed E-state index contributed by atoms with van der Waals surface area (Å²) in [6.45, 7) is 3.29. The molecule has 2 aromatic rings. The van der Waals surface area contributed by atoms with E-state index in [2.05, 4.69) is 10.5 Å². The van der Waals surface area contributed by atoms with Crippen molar-refractivity contribution >= 4 is 5.69 Å². The topological polar surface area (TPSA) is 81.2 Å². The Bertz CT molecular complexity index is 549. The molecule has 6 heteroatoms. The van der Waals surface area contributed by atoms with Crippen LogP contribution in [-0.2, 0) is 13.0 Å². The third kappa shape index (κ3) is 3.89. The van der Waals surface area contributed by atoms with E-state index in [1.54, 1.807) is 12.1 Å². The van der Waals surface area contributed by atoms with E-state index in [1.807, 2.05) is 13.0 Å². The van der Waals surface area contributed by atoms with Gasteiger partial charge in [0.05, 0.1) is 10.6 Å². The number of aromatic nitrogens is 1. The van der Waals surface area contributed by atoms with Gasteiger partial charge in [0, 0.05) is 24.7 Å². The summed E-state index contributed by atoms with van der Waals surface area (Å²) in [5.74, 6) is 0.798. The number of rotatable bonds is 6. The van der Waals surface area contributed by atoms with Crippen molar-refractivity contribution in [2.75, 3.05) is 6.54 Å². The van der Waals surface area contributed by atoms with Crippen LogP contribution in [0.3, 0.4) is 0 Å². The number of benzene rings is 1. The quantitative estimate of drug-likeness (QED) is 0.490. The number of hydrogen-bond donors (Lipinski definition) is 1. The molecule has 0 atom stereocenters. The fourth-order valence-electron chi connectivity index (χ4n) is 1.73. The van der Waals surface area contributed by atoms with Crippen molar-refractivity contribution in [3.05, 3.63) is 57.5 Å². The van der Waals surface area contributed by atoms with Gasteiger partial charge in [-0.1, -0.05) is 17.3 Å². The van der Waals surface area contributed by atoms with Crippen molar-refractivity contribution in [1.29, 1.82) is 0 Å². The molecule has 0 aliphatic carbocycles. The minimum Gasteiger partial charge on any atom is -0.361 e. The SMILES string of the molecule is Cc1cc(CNCCc2ccc([N+](=O)[O-])cc2)no1. The highest BCUT2D eigenvalue weighted by molar-refractivity contribution is 5.32. The lowest BCUT2D eigenvalue weighted by Crippen LogP contribution is -2.16. The third-order valence-electron chi connectivity index (χ3n) is 2.72. The fourth-order valence-corrected chi connectivity index (χ4v) is 1.73. The molecule has 0 radical (unpaired) electrons. The van der Waals surface area contributed by atoms with E-state index in [0.29, 0.717) is 6.54 Å². The van der Waals surface area contributed by atoms with E-state index in [1.165, 1.54) is 12.1 Å². The van der Waals surface area contributed by atoms with Gasteiger partial charge >= 0.3 is 0 Å². The fraction of sp³-hybridized carbons (Fsp3) is 0.308. The molecule has 6 nitrogen and oxygen atoms in total. The second-order valence-electron chi connectivity index (χ2n) is 4.28. The number of nitrogens with zero attached hydrogens (tertiary/aromatic N) is 2. The molecule has 0 saturated carbocycles. The average Bonchev–Trinajstić information content (AvgIpc) is 2.81. The average molecular weight is 261 g/mol. The van der Waals surface area contributed by atoms with E-state index >= 15 is 0 Å². The molecule has 1 heterocycles. The summed E-state index contributed by atoms with van der Waals surface area (Å²) in [5.41, 5.74) is 2.06. The zero-order valence-corrected chi connectivity index (χ0v) is 10.6. The number of nitro benzene ring substituents is 1. The molecule has 0 aliphatic heterocycles. The Morgan fingerprint density at radius 1 is 1.37 bits per heavy atom. The number of non-ortho nitro benzene ring substituents is 1. The highest BCUT2D eigenvalue weighted by Crippen LogP contribution is 2.12. The predicted molar refractivity (Wildman–Crippen MR) is 69.7 cm³/mol. The van der Waals surface area contributed by atoms with E-state index in [9.17, 15) is 10.1 Å². The molecule has 1 aromatic carbocycles. The maximum Gasteiger partial charge on any atom is 0.269 e. The molecule has 19 heavy (non-hydrogen) atoms. The Kier molecular flexibility index (Phi) is 4.25. The predicted octanol–water partition coefficient (Wildman–Crippen LogP) is 2.22. The largest absolute Gasteiger partial charge is 0.361 e. The third-order valence-corrected chi connectivity index (χ3v) is 2.72. The zero-order chi connectivity index (χ0) is 13.7. The van der Waals surface area contributed by atoms with Crippen LogP contribution < -0.4 is 5.32 Å². The second-order valence-corrected chi connectivity index (χ2v) is 4.28. The Morgan fingerprint density at radius 2 is 2.11 bits per heavy atom. The molecule has 0 amide bonds.